The van der Waals surface area contributed by atoms with Crippen molar-refractivity contribution < 1.29 is 19.0 Å². The molecule has 5 nitrogen and oxygen atoms in total. The third-order valence-electron chi connectivity index (χ3n) is 5.81. The molecule has 0 aliphatic carbocycles. The number of ether oxygens (including phenoxy) is 3. The summed E-state index contributed by atoms with van der Waals surface area (Å²) in [6.45, 7) is 2.94. The van der Waals surface area contributed by atoms with Crippen LogP contribution in [0.25, 0.3) is 10.4 Å². The summed E-state index contributed by atoms with van der Waals surface area (Å²) in [5.41, 5.74) is 2.16. The van der Waals surface area contributed by atoms with Gasteiger partial charge in [0.2, 0.25) is 0 Å². The molecule has 2 fully saturated rings. The average molecular weight is 436 g/mol. The molecule has 0 bridgehead atoms. The minimum Gasteiger partial charge on any atom is -0.487 e. The van der Waals surface area contributed by atoms with Crippen molar-refractivity contribution in [2.45, 2.75) is 25.2 Å². The van der Waals surface area contributed by atoms with Crippen LogP contribution in [0.1, 0.15) is 28.1 Å². The highest BCUT2D eigenvalue weighted by Crippen LogP contribution is 2.39. The Morgan fingerprint density at radius 2 is 1.61 bits per heavy atom. The lowest BCUT2D eigenvalue weighted by Gasteiger charge is -2.37. The van der Waals surface area contributed by atoms with Crippen LogP contribution in [0.3, 0.4) is 0 Å². The number of benzene rings is 2. The quantitative estimate of drug-likeness (QED) is 0.568. The van der Waals surface area contributed by atoms with E-state index in [0.717, 1.165) is 16.0 Å². The molecule has 160 valence electrons. The molecule has 6 heteroatoms. The van der Waals surface area contributed by atoms with E-state index in [1.807, 2.05) is 59.5 Å². The first kappa shape index (κ1) is 20.2. The van der Waals surface area contributed by atoms with E-state index < -0.39 is 5.79 Å². The molecule has 1 amide bonds. The normalized spacial score (nSPS) is 17.7. The van der Waals surface area contributed by atoms with Crippen LogP contribution in [0.4, 0.5) is 0 Å². The van der Waals surface area contributed by atoms with Gasteiger partial charge in [-0.15, -0.1) is 11.3 Å². The van der Waals surface area contributed by atoms with Crippen molar-refractivity contribution in [2.75, 3.05) is 26.3 Å². The van der Waals surface area contributed by atoms with Crippen LogP contribution in [0.15, 0.2) is 66.7 Å². The zero-order chi connectivity index (χ0) is 21.1. The van der Waals surface area contributed by atoms with Crippen molar-refractivity contribution in [3.05, 3.63) is 77.2 Å². The zero-order valence-electron chi connectivity index (χ0n) is 17.3. The molecule has 5 rings (SSSR count). The summed E-state index contributed by atoms with van der Waals surface area (Å²) in [5, 5.41) is 0. The molecule has 0 saturated carbocycles. The lowest BCUT2D eigenvalue weighted by atomic mass is 10.0. The maximum Gasteiger partial charge on any atom is 0.267 e. The van der Waals surface area contributed by atoms with Gasteiger partial charge in [0.1, 0.15) is 17.2 Å². The van der Waals surface area contributed by atoms with Crippen LogP contribution in [0.5, 0.6) is 5.75 Å². The van der Waals surface area contributed by atoms with Crippen LogP contribution < -0.4 is 4.74 Å². The summed E-state index contributed by atoms with van der Waals surface area (Å²) < 4.78 is 17.8. The van der Waals surface area contributed by atoms with Crippen LogP contribution in [0, 0.1) is 0 Å². The fraction of sp³-hybridized carbons (Fsp3) is 0.320. The summed E-state index contributed by atoms with van der Waals surface area (Å²) in [7, 11) is 0. The van der Waals surface area contributed by atoms with Gasteiger partial charge in [-0.05, 0) is 17.2 Å². The van der Waals surface area contributed by atoms with E-state index in [9.17, 15) is 4.79 Å². The fourth-order valence-electron chi connectivity index (χ4n) is 4.09. The van der Waals surface area contributed by atoms with E-state index in [2.05, 4.69) is 12.1 Å². The van der Waals surface area contributed by atoms with Crippen LogP contribution >= 0.6 is 11.3 Å². The summed E-state index contributed by atoms with van der Waals surface area (Å²) in [6, 6.07) is 22.1. The molecule has 0 unspecified atom stereocenters. The molecular formula is C25H25NO4S. The first-order chi connectivity index (χ1) is 15.2. The maximum atomic E-state index is 13.5. The number of thiophene rings is 1. The Hall–Kier alpha value is -2.67. The van der Waals surface area contributed by atoms with Gasteiger partial charge < -0.3 is 19.1 Å². The number of hydrogen-bond donors (Lipinski definition) is 0. The highest BCUT2D eigenvalue weighted by Gasteiger charge is 2.41. The predicted octanol–water partition coefficient (Wildman–Crippen LogP) is 4.97. The van der Waals surface area contributed by atoms with Crippen molar-refractivity contribution in [1.82, 2.24) is 4.90 Å². The Kier molecular flexibility index (Phi) is 5.76. The Labute approximate surface area is 186 Å². The second-order valence-corrected chi connectivity index (χ2v) is 8.90. The molecule has 0 atom stereocenters. The van der Waals surface area contributed by atoms with E-state index in [1.165, 1.54) is 11.3 Å². The van der Waals surface area contributed by atoms with Gasteiger partial charge in [0, 0.05) is 30.8 Å². The van der Waals surface area contributed by atoms with Crippen molar-refractivity contribution in [3.8, 4) is 16.2 Å². The van der Waals surface area contributed by atoms with Gasteiger partial charge in [-0.3, -0.25) is 4.79 Å². The molecule has 2 aliphatic rings. The Morgan fingerprint density at radius 1 is 0.968 bits per heavy atom. The molecule has 3 aromatic rings. The van der Waals surface area contributed by atoms with Gasteiger partial charge in [0.05, 0.1) is 13.2 Å². The van der Waals surface area contributed by atoms with Crippen LogP contribution in [-0.4, -0.2) is 42.9 Å². The fourth-order valence-corrected chi connectivity index (χ4v) is 5.17. The van der Waals surface area contributed by atoms with E-state index in [4.69, 9.17) is 14.2 Å². The number of hydrogen-bond acceptors (Lipinski definition) is 5. The number of carbonyl (C=O) groups excluding carboxylic acids is 1. The lowest BCUT2D eigenvalue weighted by Crippen LogP contribution is -2.47. The van der Waals surface area contributed by atoms with Crippen molar-refractivity contribution in [2.24, 2.45) is 0 Å². The average Bonchev–Trinajstić information content (AvgIpc) is 3.46. The molecule has 0 radical (unpaired) electrons. The lowest BCUT2D eigenvalue weighted by molar-refractivity contribution is -0.181. The topological polar surface area (TPSA) is 48.0 Å². The molecule has 3 heterocycles. The van der Waals surface area contributed by atoms with Gasteiger partial charge in [0.25, 0.3) is 5.91 Å². The molecule has 2 saturated heterocycles. The third-order valence-corrected chi connectivity index (χ3v) is 6.97. The molecule has 31 heavy (non-hydrogen) atoms. The minimum atomic E-state index is -0.492. The van der Waals surface area contributed by atoms with Gasteiger partial charge >= 0.3 is 0 Å². The van der Waals surface area contributed by atoms with E-state index in [0.29, 0.717) is 56.4 Å². The van der Waals surface area contributed by atoms with Gasteiger partial charge in [0.15, 0.2) is 5.79 Å². The molecule has 2 aromatic carbocycles. The third kappa shape index (κ3) is 4.37. The van der Waals surface area contributed by atoms with Gasteiger partial charge in [-0.1, -0.05) is 60.7 Å². The van der Waals surface area contributed by atoms with E-state index in [-0.39, 0.29) is 5.91 Å². The highest BCUT2D eigenvalue weighted by molar-refractivity contribution is 7.17. The summed E-state index contributed by atoms with van der Waals surface area (Å²) in [4.78, 5) is 17.0. The van der Waals surface area contributed by atoms with E-state index >= 15 is 0 Å². The zero-order valence-corrected chi connectivity index (χ0v) is 18.1. The summed E-state index contributed by atoms with van der Waals surface area (Å²) in [5.74, 6) is 0.170. The van der Waals surface area contributed by atoms with Crippen molar-refractivity contribution >= 4 is 17.2 Å². The van der Waals surface area contributed by atoms with Crippen molar-refractivity contribution in [3.63, 3.8) is 0 Å². The minimum absolute atomic E-state index is 0.0167. The van der Waals surface area contributed by atoms with Crippen LogP contribution in [-0.2, 0) is 16.1 Å². The molecule has 1 aromatic heterocycles. The van der Waals surface area contributed by atoms with E-state index in [1.54, 1.807) is 0 Å². The molecule has 1 spiro atoms. The number of piperidine rings is 1. The number of rotatable bonds is 5. The second-order valence-electron chi connectivity index (χ2n) is 7.84. The Balaban J connectivity index is 1.38. The summed E-state index contributed by atoms with van der Waals surface area (Å²) in [6.07, 6.45) is 1.41. The monoisotopic (exact) mass is 435 g/mol. The van der Waals surface area contributed by atoms with Gasteiger partial charge in [-0.25, -0.2) is 0 Å². The van der Waals surface area contributed by atoms with Crippen LogP contribution in [0.2, 0.25) is 0 Å². The number of nitrogens with zero attached hydrogens (tertiary/aromatic N) is 1. The van der Waals surface area contributed by atoms with Gasteiger partial charge in [-0.2, -0.15) is 0 Å². The maximum absolute atomic E-state index is 13.5. The first-order valence-electron chi connectivity index (χ1n) is 10.7. The second kappa shape index (κ2) is 8.83. The Morgan fingerprint density at radius 3 is 2.29 bits per heavy atom. The Bertz CT molecular complexity index is 1020. The largest absolute Gasteiger partial charge is 0.487 e. The number of likely N-dealkylation sites (tertiary alicyclic amines) is 1. The standard InChI is InChI=1S/C25H25NO4S/c27-24(26-13-11-25(12-14-26)29-15-16-30-25)23-21(28-18-19-7-3-1-4-8-19)17-22(31-23)20-9-5-2-6-10-20/h1-10,17H,11-16,18H2. The molecule has 2 aliphatic heterocycles. The first-order valence-corrected chi connectivity index (χ1v) is 11.5. The van der Waals surface area contributed by atoms with Crippen molar-refractivity contribution in [1.29, 1.82) is 0 Å². The molecule has 0 N–H and O–H groups in total. The number of amides is 1. The highest BCUT2D eigenvalue weighted by atomic mass is 32.1. The molecular weight excluding hydrogens is 410 g/mol. The number of carbonyl (C=O) groups is 1. The predicted molar refractivity (Wildman–Crippen MR) is 120 cm³/mol. The SMILES string of the molecule is O=C(c1sc(-c2ccccc2)cc1OCc1ccccc1)N1CCC2(CC1)OCCO2. The smallest absolute Gasteiger partial charge is 0.267 e. The summed E-state index contributed by atoms with van der Waals surface area (Å²) >= 11 is 1.49.